The SMILES string of the molecule is O=C1CCCCCN1CCCN=Cc1cc(Cl)cc(Cl)c1O. The van der Waals surface area contributed by atoms with Gasteiger partial charge in [-0.1, -0.05) is 29.6 Å². The van der Waals surface area contributed by atoms with E-state index in [2.05, 4.69) is 4.99 Å². The van der Waals surface area contributed by atoms with Gasteiger partial charge in [0, 0.05) is 42.9 Å². The van der Waals surface area contributed by atoms with Gasteiger partial charge in [-0.2, -0.15) is 0 Å². The lowest BCUT2D eigenvalue weighted by molar-refractivity contribution is -0.130. The third-order valence-corrected chi connectivity index (χ3v) is 4.18. The minimum absolute atomic E-state index is 0.0162. The summed E-state index contributed by atoms with van der Waals surface area (Å²) in [5.41, 5.74) is 0.503. The molecule has 120 valence electrons. The van der Waals surface area contributed by atoms with Crippen molar-refractivity contribution in [2.45, 2.75) is 32.1 Å². The van der Waals surface area contributed by atoms with Crippen LogP contribution in [0, 0.1) is 0 Å². The van der Waals surface area contributed by atoms with E-state index in [-0.39, 0.29) is 16.7 Å². The average molecular weight is 343 g/mol. The van der Waals surface area contributed by atoms with E-state index in [1.54, 1.807) is 12.3 Å². The van der Waals surface area contributed by atoms with E-state index in [4.69, 9.17) is 23.2 Å². The van der Waals surface area contributed by atoms with E-state index < -0.39 is 0 Å². The van der Waals surface area contributed by atoms with Crippen LogP contribution in [0.4, 0.5) is 0 Å². The Balaban J connectivity index is 1.82. The number of aliphatic imine (C=N–C) groups is 1. The van der Waals surface area contributed by atoms with E-state index in [1.807, 2.05) is 4.90 Å². The number of rotatable bonds is 5. The topological polar surface area (TPSA) is 52.9 Å². The van der Waals surface area contributed by atoms with Crippen molar-refractivity contribution in [2.75, 3.05) is 19.6 Å². The number of carbonyl (C=O) groups is 1. The predicted molar refractivity (Wildman–Crippen MR) is 90.3 cm³/mol. The highest BCUT2D eigenvalue weighted by Gasteiger charge is 2.15. The highest BCUT2D eigenvalue weighted by atomic mass is 35.5. The lowest BCUT2D eigenvalue weighted by atomic mass is 10.2. The van der Waals surface area contributed by atoms with Gasteiger partial charge >= 0.3 is 0 Å². The molecule has 22 heavy (non-hydrogen) atoms. The van der Waals surface area contributed by atoms with Crippen LogP contribution in [0.15, 0.2) is 17.1 Å². The fourth-order valence-corrected chi connectivity index (χ4v) is 2.98. The molecule has 0 atom stereocenters. The zero-order valence-electron chi connectivity index (χ0n) is 12.4. The van der Waals surface area contributed by atoms with E-state index in [1.165, 1.54) is 6.07 Å². The minimum Gasteiger partial charge on any atom is -0.506 e. The maximum atomic E-state index is 11.8. The number of carbonyl (C=O) groups excluding carboxylic acids is 1. The molecule has 4 nitrogen and oxygen atoms in total. The van der Waals surface area contributed by atoms with Crippen LogP contribution in [0.1, 0.15) is 37.7 Å². The van der Waals surface area contributed by atoms with Gasteiger partial charge in [0.25, 0.3) is 0 Å². The summed E-state index contributed by atoms with van der Waals surface area (Å²) in [5.74, 6) is 0.234. The molecule has 1 aliphatic rings. The van der Waals surface area contributed by atoms with E-state index in [9.17, 15) is 9.90 Å². The second-order valence-electron chi connectivity index (χ2n) is 5.41. The summed E-state index contributed by atoms with van der Waals surface area (Å²) in [7, 11) is 0. The number of likely N-dealkylation sites (tertiary alicyclic amines) is 1. The van der Waals surface area contributed by atoms with Crippen LogP contribution in [0.5, 0.6) is 5.75 Å². The highest BCUT2D eigenvalue weighted by Crippen LogP contribution is 2.29. The Morgan fingerprint density at radius 2 is 2.09 bits per heavy atom. The summed E-state index contributed by atoms with van der Waals surface area (Å²) in [5, 5.41) is 10.5. The number of halogens is 2. The fraction of sp³-hybridized carbons (Fsp3) is 0.500. The molecule has 0 aliphatic carbocycles. The Kier molecular flexibility index (Phi) is 6.52. The monoisotopic (exact) mass is 342 g/mol. The quantitative estimate of drug-likeness (QED) is 0.651. The number of benzene rings is 1. The maximum absolute atomic E-state index is 11.8. The third-order valence-electron chi connectivity index (χ3n) is 3.67. The van der Waals surface area contributed by atoms with E-state index in [0.717, 1.165) is 38.8 Å². The minimum atomic E-state index is -0.0162. The third kappa shape index (κ3) is 4.89. The number of phenolic OH excluding ortho intramolecular Hbond substituents is 1. The summed E-state index contributed by atoms with van der Waals surface area (Å²) in [4.78, 5) is 18.0. The molecule has 0 aromatic heterocycles. The molecule has 0 spiro atoms. The van der Waals surface area contributed by atoms with Crippen molar-refractivity contribution in [3.8, 4) is 5.75 Å². The van der Waals surface area contributed by atoms with Crippen molar-refractivity contribution < 1.29 is 9.90 Å². The smallest absolute Gasteiger partial charge is 0.222 e. The second-order valence-corrected chi connectivity index (χ2v) is 6.25. The number of amides is 1. The van der Waals surface area contributed by atoms with Crippen LogP contribution >= 0.6 is 23.2 Å². The molecule has 1 amide bonds. The molecule has 2 rings (SSSR count). The first-order valence-electron chi connectivity index (χ1n) is 7.53. The molecule has 0 saturated carbocycles. The molecule has 1 aromatic rings. The lowest BCUT2D eigenvalue weighted by Crippen LogP contribution is -2.31. The molecule has 0 bridgehead atoms. The summed E-state index contributed by atoms with van der Waals surface area (Å²) < 4.78 is 0. The summed E-state index contributed by atoms with van der Waals surface area (Å²) >= 11 is 11.7. The van der Waals surface area contributed by atoms with Crippen molar-refractivity contribution in [1.29, 1.82) is 0 Å². The van der Waals surface area contributed by atoms with Crippen LogP contribution in [-0.2, 0) is 4.79 Å². The fourth-order valence-electron chi connectivity index (χ4n) is 2.48. The van der Waals surface area contributed by atoms with Crippen molar-refractivity contribution in [3.63, 3.8) is 0 Å². The van der Waals surface area contributed by atoms with Gasteiger partial charge in [0.1, 0.15) is 5.75 Å². The van der Waals surface area contributed by atoms with Crippen LogP contribution in [0.3, 0.4) is 0 Å². The number of phenols is 1. The average Bonchev–Trinajstić information content (AvgIpc) is 2.68. The zero-order chi connectivity index (χ0) is 15.9. The number of hydrogen-bond acceptors (Lipinski definition) is 3. The van der Waals surface area contributed by atoms with Crippen LogP contribution in [0.25, 0.3) is 0 Å². The molecular formula is C16H20Cl2N2O2. The first kappa shape index (κ1) is 17.1. The molecule has 1 aromatic carbocycles. The van der Waals surface area contributed by atoms with Gasteiger partial charge in [-0.15, -0.1) is 0 Å². The van der Waals surface area contributed by atoms with Gasteiger partial charge in [0.2, 0.25) is 5.91 Å². The first-order valence-corrected chi connectivity index (χ1v) is 8.29. The molecule has 0 unspecified atom stereocenters. The first-order chi connectivity index (χ1) is 10.6. The molecule has 6 heteroatoms. The van der Waals surface area contributed by atoms with Gasteiger partial charge < -0.3 is 10.0 Å². The molecule has 1 saturated heterocycles. The van der Waals surface area contributed by atoms with Crippen molar-refractivity contribution in [1.82, 2.24) is 4.90 Å². The Morgan fingerprint density at radius 3 is 2.91 bits per heavy atom. The Morgan fingerprint density at radius 1 is 1.27 bits per heavy atom. The van der Waals surface area contributed by atoms with Crippen LogP contribution in [0.2, 0.25) is 10.0 Å². The Bertz CT molecular complexity index is 561. The Labute approximate surface area is 140 Å². The standard InChI is InChI=1S/C16H20Cl2N2O2/c17-13-9-12(16(22)14(18)10-13)11-19-6-4-8-20-7-3-1-2-5-15(20)21/h9-11,22H,1-8H2. The van der Waals surface area contributed by atoms with Gasteiger partial charge in [-0.3, -0.25) is 9.79 Å². The van der Waals surface area contributed by atoms with Gasteiger partial charge in [0.15, 0.2) is 0 Å². The molecule has 0 radical (unpaired) electrons. The normalized spacial score (nSPS) is 16.3. The number of hydrogen-bond donors (Lipinski definition) is 1. The van der Waals surface area contributed by atoms with Gasteiger partial charge in [0.05, 0.1) is 5.02 Å². The zero-order valence-corrected chi connectivity index (χ0v) is 13.9. The van der Waals surface area contributed by atoms with Crippen molar-refractivity contribution >= 4 is 35.3 Å². The van der Waals surface area contributed by atoms with Crippen LogP contribution < -0.4 is 0 Å². The van der Waals surface area contributed by atoms with E-state index in [0.29, 0.717) is 23.6 Å². The predicted octanol–water partition coefficient (Wildman–Crippen LogP) is 3.91. The largest absolute Gasteiger partial charge is 0.506 e. The lowest BCUT2D eigenvalue weighted by Gasteiger charge is -2.19. The van der Waals surface area contributed by atoms with E-state index >= 15 is 0 Å². The van der Waals surface area contributed by atoms with Gasteiger partial charge in [-0.05, 0) is 31.4 Å². The van der Waals surface area contributed by atoms with Crippen LogP contribution in [-0.4, -0.2) is 41.8 Å². The second kappa shape index (κ2) is 8.39. The molecule has 1 N–H and O–H groups in total. The van der Waals surface area contributed by atoms with Gasteiger partial charge in [-0.25, -0.2) is 0 Å². The molecule has 1 heterocycles. The van der Waals surface area contributed by atoms with Crippen molar-refractivity contribution in [3.05, 3.63) is 27.7 Å². The molecular weight excluding hydrogens is 323 g/mol. The highest BCUT2D eigenvalue weighted by molar-refractivity contribution is 6.36. The maximum Gasteiger partial charge on any atom is 0.222 e. The summed E-state index contributed by atoms with van der Waals surface area (Å²) in [6.45, 7) is 2.18. The number of aromatic hydroxyl groups is 1. The summed E-state index contributed by atoms with van der Waals surface area (Å²) in [6, 6.07) is 3.10. The number of nitrogens with zero attached hydrogens (tertiary/aromatic N) is 2. The van der Waals surface area contributed by atoms with Crippen molar-refractivity contribution in [2.24, 2.45) is 4.99 Å². The molecule has 1 aliphatic heterocycles. The Hall–Kier alpha value is -1.26. The molecule has 1 fully saturated rings. The summed E-state index contributed by atoms with van der Waals surface area (Å²) in [6.07, 6.45) is 6.26.